The van der Waals surface area contributed by atoms with Crippen molar-refractivity contribution >= 4 is 28.8 Å². The third-order valence-corrected chi connectivity index (χ3v) is 5.35. The van der Waals surface area contributed by atoms with Crippen molar-refractivity contribution in [2.24, 2.45) is 5.10 Å². The Kier molecular flexibility index (Phi) is 6.15. The number of rotatable bonds is 6. The Labute approximate surface area is 175 Å². The molecule has 0 aliphatic carbocycles. The lowest BCUT2D eigenvalue weighted by Gasteiger charge is -2.33. The second-order valence-electron chi connectivity index (χ2n) is 7.31. The summed E-state index contributed by atoms with van der Waals surface area (Å²) in [6.45, 7) is 4.57. The smallest absolute Gasteiger partial charge is 0.276 e. The van der Waals surface area contributed by atoms with Gasteiger partial charge in [-0.1, -0.05) is 54.6 Å². The van der Waals surface area contributed by atoms with Crippen LogP contribution in [-0.4, -0.2) is 47.2 Å². The van der Waals surface area contributed by atoms with E-state index in [0.29, 0.717) is 5.56 Å². The normalized spacial score (nSPS) is 15.4. The SMILES string of the molecule is O=[N+]([O-])c1ccccc1/C=C/C=N\N1CCN(Cc2cccc3ccccc23)CC1. The predicted octanol–water partition coefficient (Wildman–Crippen LogP) is 4.56. The minimum Gasteiger partial charge on any atom is -0.295 e. The van der Waals surface area contributed by atoms with Crippen LogP contribution in [0.15, 0.2) is 77.9 Å². The molecular formula is C24H24N4O2. The van der Waals surface area contributed by atoms with E-state index in [9.17, 15) is 10.1 Å². The molecular weight excluding hydrogens is 376 g/mol. The summed E-state index contributed by atoms with van der Waals surface area (Å²) >= 11 is 0. The lowest BCUT2D eigenvalue weighted by molar-refractivity contribution is -0.385. The molecule has 0 atom stereocenters. The van der Waals surface area contributed by atoms with Gasteiger partial charge in [-0.25, -0.2) is 0 Å². The van der Waals surface area contributed by atoms with Crippen molar-refractivity contribution in [3.8, 4) is 0 Å². The van der Waals surface area contributed by atoms with Gasteiger partial charge in [0, 0.05) is 45.0 Å². The Hall–Kier alpha value is -3.51. The van der Waals surface area contributed by atoms with Gasteiger partial charge >= 0.3 is 0 Å². The quantitative estimate of drug-likeness (QED) is 0.346. The van der Waals surface area contributed by atoms with Crippen molar-refractivity contribution in [2.45, 2.75) is 6.54 Å². The molecule has 152 valence electrons. The molecule has 0 bridgehead atoms. The van der Waals surface area contributed by atoms with E-state index in [1.165, 1.54) is 22.4 Å². The maximum atomic E-state index is 11.1. The van der Waals surface area contributed by atoms with E-state index in [2.05, 4.69) is 52.5 Å². The molecule has 0 saturated carbocycles. The van der Waals surface area contributed by atoms with Gasteiger partial charge in [-0.3, -0.25) is 20.0 Å². The van der Waals surface area contributed by atoms with Gasteiger partial charge in [-0.15, -0.1) is 0 Å². The van der Waals surface area contributed by atoms with Crippen molar-refractivity contribution in [2.75, 3.05) is 26.2 Å². The zero-order chi connectivity index (χ0) is 20.8. The number of hydrazone groups is 1. The first-order valence-corrected chi connectivity index (χ1v) is 10.1. The van der Waals surface area contributed by atoms with Crippen LogP contribution in [0, 0.1) is 10.1 Å². The maximum Gasteiger partial charge on any atom is 0.276 e. The highest BCUT2D eigenvalue weighted by molar-refractivity contribution is 5.85. The highest BCUT2D eigenvalue weighted by Crippen LogP contribution is 2.21. The van der Waals surface area contributed by atoms with Crippen LogP contribution in [0.1, 0.15) is 11.1 Å². The van der Waals surface area contributed by atoms with E-state index in [1.807, 2.05) is 5.01 Å². The molecule has 1 aliphatic rings. The van der Waals surface area contributed by atoms with Gasteiger partial charge < -0.3 is 0 Å². The van der Waals surface area contributed by atoms with Gasteiger partial charge in [0.2, 0.25) is 0 Å². The summed E-state index contributed by atoms with van der Waals surface area (Å²) in [4.78, 5) is 13.1. The molecule has 1 heterocycles. The molecule has 30 heavy (non-hydrogen) atoms. The van der Waals surface area contributed by atoms with Crippen LogP contribution in [0.5, 0.6) is 0 Å². The van der Waals surface area contributed by atoms with Crippen molar-refractivity contribution < 1.29 is 4.92 Å². The number of hydrogen-bond donors (Lipinski definition) is 0. The van der Waals surface area contributed by atoms with E-state index < -0.39 is 0 Å². The largest absolute Gasteiger partial charge is 0.295 e. The van der Waals surface area contributed by atoms with Crippen molar-refractivity contribution in [1.82, 2.24) is 9.91 Å². The first kappa shape index (κ1) is 19.8. The van der Waals surface area contributed by atoms with Gasteiger partial charge in [0.15, 0.2) is 0 Å². The van der Waals surface area contributed by atoms with Crippen LogP contribution in [0.3, 0.4) is 0 Å². The number of nitro benzene ring substituents is 1. The molecule has 0 radical (unpaired) electrons. The van der Waals surface area contributed by atoms with E-state index in [1.54, 1.807) is 36.6 Å². The van der Waals surface area contributed by atoms with E-state index >= 15 is 0 Å². The van der Waals surface area contributed by atoms with E-state index in [4.69, 9.17) is 0 Å². The second kappa shape index (κ2) is 9.33. The lowest BCUT2D eigenvalue weighted by Crippen LogP contribution is -2.43. The summed E-state index contributed by atoms with van der Waals surface area (Å²) in [5, 5.41) is 20.2. The minimum atomic E-state index is -0.369. The van der Waals surface area contributed by atoms with Crippen molar-refractivity contribution in [3.05, 3.63) is 94.0 Å². The molecule has 4 rings (SSSR count). The zero-order valence-electron chi connectivity index (χ0n) is 16.7. The van der Waals surface area contributed by atoms with Crippen molar-refractivity contribution in [3.63, 3.8) is 0 Å². The number of fused-ring (bicyclic) bond motifs is 1. The summed E-state index contributed by atoms with van der Waals surface area (Å²) < 4.78 is 0. The highest BCUT2D eigenvalue weighted by atomic mass is 16.6. The fourth-order valence-corrected chi connectivity index (χ4v) is 3.76. The molecule has 0 amide bonds. The fraction of sp³-hybridized carbons (Fsp3) is 0.208. The first-order chi connectivity index (χ1) is 14.7. The van der Waals surface area contributed by atoms with Gasteiger partial charge in [-0.05, 0) is 34.6 Å². The predicted molar refractivity (Wildman–Crippen MR) is 121 cm³/mol. The molecule has 0 N–H and O–H groups in total. The molecule has 6 nitrogen and oxygen atoms in total. The summed E-state index contributed by atoms with van der Waals surface area (Å²) in [5.41, 5.74) is 2.04. The Morgan fingerprint density at radius 3 is 2.50 bits per heavy atom. The third kappa shape index (κ3) is 4.72. The van der Waals surface area contributed by atoms with Crippen LogP contribution >= 0.6 is 0 Å². The van der Waals surface area contributed by atoms with Crippen LogP contribution < -0.4 is 0 Å². The van der Waals surface area contributed by atoms with Crippen LogP contribution in [0.25, 0.3) is 16.8 Å². The van der Waals surface area contributed by atoms with E-state index in [0.717, 1.165) is 32.7 Å². The number of nitrogens with zero attached hydrogens (tertiary/aromatic N) is 4. The number of hydrogen-bond acceptors (Lipinski definition) is 5. The molecule has 1 fully saturated rings. The Balaban J connectivity index is 1.31. The molecule has 6 heteroatoms. The van der Waals surface area contributed by atoms with Crippen molar-refractivity contribution in [1.29, 1.82) is 0 Å². The van der Waals surface area contributed by atoms with Gasteiger partial charge in [-0.2, -0.15) is 5.10 Å². The third-order valence-electron chi connectivity index (χ3n) is 5.35. The zero-order valence-corrected chi connectivity index (χ0v) is 16.7. The molecule has 0 unspecified atom stereocenters. The Morgan fingerprint density at radius 1 is 0.933 bits per heavy atom. The summed E-state index contributed by atoms with van der Waals surface area (Å²) in [7, 11) is 0. The topological polar surface area (TPSA) is 62.0 Å². The summed E-state index contributed by atoms with van der Waals surface area (Å²) in [6.07, 6.45) is 5.18. The highest BCUT2D eigenvalue weighted by Gasteiger charge is 2.16. The molecule has 1 aliphatic heterocycles. The first-order valence-electron chi connectivity index (χ1n) is 10.1. The number of nitro groups is 1. The number of para-hydroxylation sites is 1. The van der Waals surface area contributed by atoms with Crippen LogP contribution in [0.2, 0.25) is 0 Å². The van der Waals surface area contributed by atoms with Crippen LogP contribution in [-0.2, 0) is 6.54 Å². The summed E-state index contributed by atoms with van der Waals surface area (Å²) in [6, 6.07) is 21.7. The molecule has 1 saturated heterocycles. The maximum absolute atomic E-state index is 11.1. The minimum absolute atomic E-state index is 0.101. The average Bonchev–Trinajstić information content (AvgIpc) is 2.78. The summed E-state index contributed by atoms with van der Waals surface area (Å²) in [5.74, 6) is 0. The number of benzene rings is 3. The number of piperazine rings is 1. The number of allylic oxidation sites excluding steroid dienone is 1. The van der Waals surface area contributed by atoms with E-state index in [-0.39, 0.29) is 10.6 Å². The van der Waals surface area contributed by atoms with Gasteiger partial charge in [0.25, 0.3) is 5.69 Å². The molecule has 0 aromatic heterocycles. The fourth-order valence-electron chi connectivity index (χ4n) is 3.76. The Bertz CT molecular complexity index is 1080. The standard InChI is InChI=1S/C24H24N4O2/c29-28(30)24-13-4-2-8-21(24)11-6-14-25-27-17-15-26(16-18-27)19-22-10-5-9-20-7-1-3-12-23(20)22/h1-14H,15-19H2/b11-6+,25-14-. The Morgan fingerprint density at radius 2 is 1.67 bits per heavy atom. The average molecular weight is 400 g/mol. The second-order valence-corrected chi connectivity index (χ2v) is 7.31. The lowest BCUT2D eigenvalue weighted by atomic mass is 10.0. The molecule has 3 aromatic carbocycles. The monoisotopic (exact) mass is 400 g/mol. The van der Waals surface area contributed by atoms with Crippen LogP contribution in [0.4, 0.5) is 5.69 Å². The van der Waals surface area contributed by atoms with Gasteiger partial charge in [0.1, 0.15) is 0 Å². The van der Waals surface area contributed by atoms with Gasteiger partial charge in [0.05, 0.1) is 10.5 Å². The molecule has 0 spiro atoms. The molecule has 3 aromatic rings.